The molecular formula is C15H17N3O2. The molecule has 5 nitrogen and oxygen atoms in total. The largest absolute Gasteiger partial charge is 0.398 e. The quantitative estimate of drug-likeness (QED) is 0.610. The van der Waals surface area contributed by atoms with E-state index in [1.807, 2.05) is 0 Å². The summed E-state index contributed by atoms with van der Waals surface area (Å²) in [5, 5.41) is 0. The van der Waals surface area contributed by atoms with E-state index < -0.39 is 0 Å². The van der Waals surface area contributed by atoms with Crippen molar-refractivity contribution in [3.63, 3.8) is 0 Å². The Hall–Kier alpha value is -1.88. The maximum atomic E-state index is 12.6. The fourth-order valence-corrected chi connectivity index (χ4v) is 3.90. The first kappa shape index (κ1) is 11.9. The van der Waals surface area contributed by atoms with Crippen molar-refractivity contribution >= 4 is 17.5 Å². The number of hydrogen-bond acceptors (Lipinski definition) is 4. The molecule has 5 heteroatoms. The minimum Gasteiger partial charge on any atom is -0.398 e. The van der Waals surface area contributed by atoms with Crippen molar-refractivity contribution in [2.75, 3.05) is 25.4 Å². The number of carbonyl (C=O) groups excluding carboxylic acids is 2. The van der Waals surface area contributed by atoms with Crippen molar-refractivity contribution in [1.29, 1.82) is 0 Å². The van der Waals surface area contributed by atoms with Crippen LogP contribution in [0, 0.1) is 5.92 Å². The Morgan fingerprint density at radius 1 is 1.10 bits per heavy atom. The Bertz CT molecular complexity index is 613. The van der Waals surface area contributed by atoms with Gasteiger partial charge in [0.15, 0.2) is 0 Å². The maximum Gasteiger partial charge on any atom is 0.263 e. The monoisotopic (exact) mass is 271 g/mol. The zero-order chi connectivity index (χ0) is 13.9. The standard InChI is InChI=1S/C15H17N3O2/c16-11-3-1-2-10-13(11)15(20)18(14(10)19)12-5-7-17-6-4-9(12)8-17/h1-3,9,12H,4-8,16H2. The number of anilines is 1. The summed E-state index contributed by atoms with van der Waals surface area (Å²) in [6.45, 7) is 3.07. The molecule has 0 aromatic heterocycles. The molecule has 1 aromatic rings. The van der Waals surface area contributed by atoms with E-state index in [2.05, 4.69) is 4.90 Å². The fourth-order valence-electron chi connectivity index (χ4n) is 3.90. The Morgan fingerprint density at radius 2 is 1.90 bits per heavy atom. The lowest BCUT2D eigenvalue weighted by molar-refractivity contribution is 0.0472. The van der Waals surface area contributed by atoms with Crippen LogP contribution in [0.5, 0.6) is 0 Å². The van der Waals surface area contributed by atoms with Crippen molar-refractivity contribution in [3.8, 4) is 0 Å². The van der Waals surface area contributed by atoms with Gasteiger partial charge in [-0.25, -0.2) is 0 Å². The number of hydrogen-bond donors (Lipinski definition) is 1. The summed E-state index contributed by atoms with van der Waals surface area (Å²) in [6.07, 6.45) is 1.96. The predicted molar refractivity (Wildman–Crippen MR) is 74.3 cm³/mol. The van der Waals surface area contributed by atoms with E-state index in [-0.39, 0.29) is 17.9 Å². The lowest BCUT2D eigenvalue weighted by Gasteiger charge is -2.35. The molecule has 1 aromatic carbocycles. The summed E-state index contributed by atoms with van der Waals surface area (Å²) >= 11 is 0. The van der Waals surface area contributed by atoms with Gasteiger partial charge in [0.1, 0.15) is 0 Å². The first-order valence-electron chi connectivity index (χ1n) is 7.15. The van der Waals surface area contributed by atoms with Crippen LogP contribution in [0.25, 0.3) is 0 Å². The van der Waals surface area contributed by atoms with Crippen LogP contribution in [0.3, 0.4) is 0 Å². The van der Waals surface area contributed by atoms with Crippen LogP contribution in [-0.4, -0.2) is 47.3 Å². The van der Waals surface area contributed by atoms with Gasteiger partial charge in [-0.3, -0.25) is 14.5 Å². The van der Waals surface area contributed by atoms with Crippen LogP contribution in [0.2, 0.25) is 0 Å². The third-order valence-corrected chi connectivity index (χ3v) is 4.90. The average molecular weight is 271 g/mol. The second kappa shape index (κ2) is 4.06. The van der Waals surface area contributed by atoms with E-state index in [0.29, 0.717) is 22.7 Å². The molecule has 3 aliphatic rings. The van der Waals surface area contributed by atoms with Crippen LogP contribution < -0.4 is 5.73 Å². The molecule has 4 rings (SSSR count). The SMILES string of the molecule is Nc1cccc2c1C(=O)N(C1CCN3CCC1C3)C2=O. The molecule has 0 aliphatic carbocycles. The smallest absolute Gasteiger partial charge is 0.263 e. The molecule has 0 radical (unpaired) electrons. The molecule has 2 amide bonds. The van der Waals surface area contributed by atoms with Crippen LogP contribution in [0.4, 0.5) is 5.69 Å². The van der Waals surface area contributed by atoms with Gasteiger partial charge in [0.05, 0.1) is 11.1 Å². The average Bonchev–Trinajstić information content (AvgIpc) is 2.93. The van der Waals surface area contributed by atoms with E-state index in [1.165, 1.54) is 4.90 Å². The molecule has 104 valence electrons. The van der Waals surface area contributed by atoms with Gasteiger partial charge in [-0.05, 0) is 37.4 Å². The fraction of sp³-hybridized carbons (Fsp3) is 0.467. The molecule has 0 spiro atoms. The minimum atomic E-state index is -0.201. The highest BCUT2D eigenvalue weighted by Crippen LogP contribution is 2.36. The summed E-state index contributed by atoms with van der Waals surface area (Å²) < 4.78 is 0. The van der Waals surface area contributed by atoms with Crippen LogP contribution >= 0.6 is 0 Å². The van der Waals surface area contributed by atoms with E-state index in [1.54, 1.807) is 18.2 Å². The van der Waals surface area contributed by atoms with E-state index >= 15 is 0 Å². The Kier molecular flexibility index (Phi) is 2.41. The Labute approximate surface area is 117 Å². The minimum absolute atomic E-state index is 0.0422. The summed E-state index contributed by atoms with van der Waals surface area (Å²) in [4.78, 5) is 29.1. The Balaban J connectivity index is 1.73. The summed E-state index contributed by atoms with van der Waals surface area (Å²) in [5.41, 5.74) is 7.16. The third-order valence-electron chi connectivity index (χ3n) is 4.90. The van der Waals surface area contributed by atoms with Crippen LogP contribution in [0.15, 0.2) is 18.2 Å². The summed E-state index contributed by atoms with van der Waals surface area (Å²) in [6, 6.07) is 5.17. The summed E-state index contributed by atoms with van der Waals surface area (Å²) in [5.74, 6) is 0.0586. The summed E-state index contributed by atoms with van der Waals surface area (Å²) in [7, 11) is 0. The van der Waals surface area contributed by atoms with Gasteiger partial charge in [-0.2, -0.15) is 0 Å². The lowest BCUT2D eigenvalue weighted by atomic mass is 9.92. The van der Waals surface area contributed by atoms with Gasteiger partial charge in [0.25, 0.3) is 11.8 Å². The number of nitrogens with zero attached hydrogens (tertiary/aromatic N) is 2. The van der Waals surface area contributed by atoms with Gasteiger partial charge in [0, 0.05) is 24.8 Å². The molecule has 2 fully saturated rings. The predicted octanol–water partition coefficient (Wildman–Crippen LogP) is 0.959. The van der Waals surface area contributed by atoms with Gasteiger partial charge in [-0.15, -0.1) is 0 Å². The highest BCUT2D eigenvalue weighted by molar-refractivity contribution is 6.23. The van der Waals surface area contributed by atoms with Crippen molar-refractivity contribution in [2.24, 2.45) is 5.92 Å². The number of piperidine rings is 1. The van der Waals surface area contributed by atoms with Crippen molar-refractivity contribution in [2.45, 2.75) is 18.9 Å². The third kappa shape index (κ3) is 1.47. The number of amides is 2. The Morgan fingerprint density at radius 3 is 2.70 bits per heavy atom. The van der Waals surface area contributed by atoms with Crippen molar-refractivity contribution < 1.29 is 9.59 Å². The number of fused-ring (bicyclic) bond motifs is 3. The molecule has 2 N–H and O–H groups in total. The second-order valence-corrected chi connectivity index (χ2v) is 5.96. The number of nitrogens with two attached hydrogens (primary N) is 1. The number of imide groups is 1. The van der Waals surface area contributed by atoms with Crippen molar-refractivity contribution in [1.82, 2.24) is 9.80 Å². The van der Waals surface area contributed by atoms with Crippen LogP contribution in [-0.2, 0) is 0 Å². The van der Waals surface area contributed by atoms with Crippen LogP contribution in [0.1, 0.15) is 33.6 Å². The molecule has 3 aliphatic heterocycles. The number of carbonyl (C=O) groups is 2. The second-order valence-electron chi connectivity index (χ2n) is 5.96. The maximum absolute atomic E-state index is 12.6. The molecule has 2 bridgehead atoms. The van der Waals surface area contributed by atoms with Crippen molar-refractivity contribution in [3.05, 3.63) is 29.3 Å². The first-order chi connectivity index (χ1) is 9.66. The highest BCUT2D eigenvalue weighted by Gasteiger charge is 2.46. The number of nitrogen functional groups attached to an aromatic ring is 1. The van der Waals surface area contributed by atoms with Gasteiger partial charge in [0.2, 0.25) is 0 Å². The first-order valence-corrected chi connectivity index (χ1v) is 7.15. The molecule has 0 saturated carbocycles. The topological polar surface area (TPSA) is 66.6 Å². The van der Waals surface area contributed by atoms with E-state index in [9.17, 15) is 9.59 Å². The molecule has 3 heterocycles. The van der Waals surface area contributed by atoms with Gasteiger partial charge >= 0.3 is 0 Å². The molecule has 2 saturated heterocycles. The molecule has 3 unspecified atom stereocenters. The highest BCUT2D eigenvalue weighted by atomic mass is 16.2. The molecule has 20 heavy (non-hydrogen) atoms. The zero-order valence-corrected chi connectivity index (χ0v) is 11.2. The van der Waals surface area contributed by atoms with Gasteiger partial charge < -0.3 is 10.6 Å². The van der Waals surface area contributed by atoms with Gasteiger partial charge in [-0.1, -0.05) is 6.07 Å². The number of rotatable bonds is 1. The van der Waals surface area contributed by atoms with E-state index in [4.69, 9.17) is 5.73 Å². The molecule has 3 atom stereocenters. The molecular weight excluding hydrogens is 254 g/mol. The number of benzene rings is 1. The lowest BCUT2D eigenvalue weighted by Crippen LogP contribution is -2.49. The zero-order valence-electron chi connectivity index (χ0n) is 11.2. The van der Waals surface area contributed by atoms with E-state index in [0.717, 1.165) is 32.5 Å². The normalized spacial score (nSPS) is 31.8.